The monoisotopic (exact) mass is 285 g/mol. The molecule has 1 heterocycles. The van der Waals surface area contributed by atoms with Crippen LogP contribution in [0.5, 0.6) is 0 Å². The SMILES string of the molecule is CC(O)c1c(F)cncc1-c1ccc2cc(F)ccc2c1. The maximum absolute atomic E-state index is 13.9. The van der Waals surface area contributed by atoms with Crippen molar-refractivity contribution in [2.24, 2.45) is 0 Å². The van der Waals surface area contributed by atoms with E-state index in [9.17, 15) is 13.9 Å². The lowest BCUT2D eigenvalue weighted by atomic mass is 9.96. The average Bonchev–Trinajstić information content (AvgIpc) is 2.46. The maximum Gasteiger partial charge on any atom is 0.147 e. The van der Waals surface area contributed by atoms with Crippen LogP contribution in [0.1, 0.15) is 18.6 Å². The van der Waals surface area contributed by atoms with E-state index in [1.165, 1.54) is 25.3 Å². The molecule has 0 aliphatic carbocycles. The standard InChI is InChI=1S/C17H13F2NO/c1-10(21)17-15(8-20-9-16(17)19)13-3-2-12-7-14(18)5-4-11(12)6-13/h2-10,21H,1H3. The van der Waals surface area contributed by atoms with E-state index in [4.69, 9.17) is 0 Å². The molecular formula is C17H13F2NO. The first-order valence-corrected chi connectivity index (χ1v) is 6.57. The van der Waals surface area contributed by atoms with Crippen LogP contribution < -0.4 is 0 Å². The summed E-state index contributed by atoms with van der Waals surface area (Å²) in [5, 5.41) is 11.4. The van der Waals surface area contributed by atoms with E-state index in [1.807, 2.05) is 6.07 Å². The zero-order valence-corrected chi connectivity index (χ0v) is 11.3. The van der Waals surface area contributed by atoms with Gasteiger partial charge < -0.3 is 5.11 Å². The predicted molar refractivity (Wildman–Crippen MR) is 77.7 cm³/mol. The molecule has 3 aromatic rings. The quantitative estimate of drug-likeness (QED) is 0.764. The lowest BCUT2D eigenvalue weighted by molar-refractivity contribution is 0.194. The first-order chi connectivity index (χ1) is 10.1. The highest BCUT2D eigenvalue weighted by Gasteiger charge is 2.15. The molecule has 3 rings (SSSR count). The summed E-state index contributed by atoms with van der Waals surface area (Å²) in [7, 11) is 0. The van der Waals surface area contributed by atoms with Gasteiger partial charge >= 0.3 is 0 Å². The van der Waals surface area contributed by atoms with Gasteiger partial charge in [0.1, 0.15) is 11.6 Å². The molecule has 0 spiro atoms. The molecule has 0 saturated heterocycles. The minimum Gasteiger partial charge on any atom is -0.389 e. The van der Waals surface area contributed by atoms with Crippen molar-refractivity contribution in [3.05, 3.63) is 66.0 Å². The molecule has 21 heavy (non-hydrogen) atoms. The van der Waals surface area contributed by atoms with Crippen LogP contribution in [0, 0.1) is 11.6 Å². The normalized spacial score (nSPS) is 12.6. The summed E-state index contributed by atoms with van der Waals surface area (Å²) >= 11 is 0. The van der Waals surface area contributed by atoms with Crippen molar-refractivity contribution in [1.29, 1.82) is 0 Å². The van der Waals surface area contributed by atoms with Gasteiger partial charge in [-0.15, -0.1) is 0 Å². The predicted octanol–water partition coefficient (Wildman–Crippen LogP) is 4.23. The van der Waals surface area contributed by atoms with Crippen LogP contribution in [0.2, 0.25) is 0 Å². The van der Waals surface area contributed by atoms with Gasteiger partial charge in [0, 0.05) is 17.3 Å². The minimum absolute atomic E-state index is 0.214. The third-order valence-corrected chi connectivity index (χ3v) is 3.47. The summed E-state index contributed by atoms with van der Waals surface area (Å²) in [6.07, 6.45) is 1.67. The van der Waals surface area contributed by atoms with Crippen molar-refractivity contribution in [3.63, 3.8) is 0 Å². The number of benzene rings is 2. The molecule has 2 nitrogen and oxygen atoms in total. The van der Waals surface area contributed by atoms with E-state index >= 15 is 0 Å². The lowest BCUT2D eigenvalue weighted by Gasteiger charge is -2.13. The van der Waals surface area contributed by atoms with Gasteiger partial charge in [-0.2, -0.15) is 0 Å². The summed E-state index contributed by atoms with van der Waals surface area (Å²) < 4.78 is 27.1. The van der Waals surface area contributed by atoms with Gasteiger partial charge in [-0.1, -0.05) is 18.2 Å². The third-order valence-electron chi connectivity index (χ3n) is 3.47. The van der Waals surface area contributed by atoms with Crippen LogP contribution in [0.3, 0.4) is 0 Å². The van der Waals surface area contributed by atoms with Crippen molar-refractivity contribution >= 4 is 10.8 Å². The summed E-state index contributed by atoms with van der Waals surface area (Å²) in [4.78, 5) is 3.85. The van der Waals surface area contributed by atoms with Gasteiger partial charge in [-0.3, -0.25) is 4.98 Å². The Bertz CT molecular complexity index is 815. The molecule has 0 aliphatic rings. The lowest BCUT2D eigenvalue weighted by Crippen LogP contribution is -2.00. The fraction of sp³-hybridized carbons (Fsp3) is 0.118. The summed E-state index contributed by atoms with van der Waals surface area (Å²) in [5.74, 6) is -0.839. The molecular weight excluding hydrogens is 272 g/mol. The van der Waals surface area contributed by atoms with Crippen LogP contribution in [-0.4, -0.2) is 10.1 Å². The highest BCUT2D eigenvalue weighted by Crippen LogP contribution is 2.31. The number of hydrogen-bond donors (Lipinski definition) is 1. The number of pyridine rings is 1. The second-order valence-electron chi connectivity index (χ2n) is 4.96. The average molecular weight is 285 g/mol. The van der Waals surface area contributed by atoms with Crippen molar-refractivity contribution in [3.8, 4) is 11.1 Å². The number of aliphatic hydroxyl groups is 1. The number of aromatic nitrogens is 1. The first-order valence-electron chi connectivity index (χ1n) is 6.57. The smallest absolute Gasteiger partial charge is 0.147 e. The number of aliphatic hydroxyl groups excluding tert-OH is 1. The Morgan fingerprint density at radius 2 is 1.71 bits per heavy atom. The minimum atomic E-state index is -0.938. The Labute approximate surface area is 120 Å². The highest BCUT2D eigenvalue weighted by atomic mass is 19.1. The molecule has 1 unspecified atom stereocenters. The van der Waals surface area contributed by atoms with Gasteiger partial charge in [0.15, 0.2) is 0 Å². The Kier molecular flexibility index (Phi) is 3.39. The van der Waals surface area contributed by atoms with Gasteiger partial charge in [0.2, 0.25) is 0 Å². The molecule has 0 saturated carbocycles. The van der Waals surface area contributed by atoms with Crippen LogP contribution in [0.25, 0.3) is 21.9 Å². The number of fused-ring (bicyclic) bond motifs is 1. The van der Waals surface area contributed by atoms with Gasteiger partial charge in [-0.05, 0) is 41.5 Å². The van der Waals surface area contributed by atoms with E-state index in [-0.39, 0.29) is 11.4 Å². The van der Waals surface area contributed by atoms with Crippen LogP contribution in [0.4, 0.5) is 8.78 Å². The molecule has 0 fully saturated rings. The van der Waals surface area contributed by atoms with E-state index < -0.39 is 11.9 Å². The second-order valence-corrected chi connectivity index (χ2v) is 4.96. The Morgan fingerprint density at radius 1 is 1.00 bits per heavy atom. The Balaban J connectivity index is 2.21. The second kappa shape index (κ2) is 5.22. The van der Waals surface area contributed by atoms with Crippen molar-refractivity contribution in [2.45, 2.75) is 13.0 Å². The maximum atomic E-state index is 13.9. The molecule has 1 atom stereocenters. The first kappa shape index (κ1) is 13.6. The topological polar surface area (TPSA) is 33.1 Å². The van der Waals surface area contributed by atoms with E-state index in [2.05, 4.69) is 4.98 Å². The highest BCUT2D eigenvalue weighted by molar-refractivity contribution is 5.87. The largest absolute Gasteiger partial charge is 0.389 e. The molecule has 106 valence electrons. The Hall–Kier alpha value is -2.33. The molecule has 2 aromatic carbocycles. The molecule has 4 heteroatoms. The number of halogens is 2. The summed E-state index contributed by atoms with van der Waals surface area (Å²) in [5.41, 5.74) is 1.49. The molecule has 1 N–H and O–H groups in total. The fourth-order valence-electron chi connectivity index (χ4n) is 2.48. The van der Waals surface area contributed by atoms with Crippen LogP contribution in [-0.2, 0) is 0 Å². The van der Waals surface area contributed by atoms with E-state index in [0.29, 0.717) is 5.56 Å². The molecule has 1 aromatic heterocycles. The van der Waals surface area contributed by atoms with Crippen LogP contribution in [0.15, 0.2) is 48.8 Å². The zero-order valence-electron chi connectivity index (χ0n) is 11.3. The fourth-order valence-corrected chi connectivity index (χ4v) is 2.48. The van der Waals surface area contributed by atoms with Crippen molar-refractivity contribution in [2.75, 3.05) is 0 Å². The zero-order chi connectivity index (χ0) is 15.0. The number of nitrogens with zero attached hydrogens (tertiary/aromatic N) is 1. The molecule has 0 bridgehead atoms. The van der Waals surface area contributed by atoms with Crippen LogP contribution >= 0.6 is 0 Å². The summed E-state index contributed by atoms with van der Waals surface area (Å²) in [6.45, 7) is 1.51. The van der Waals surface area contributed by atoms with E-state index in [0.717, 1.165) is 22.5 Å². The number of hydrogen-bond acceptors (Lipinski definition) is 2. The summed E-state index contributed by atoms with van der Waals surface area (Å²) in [6, 6.07) is 9.86. The van der Waals surface area contributed by atoms with Crippen molar-refractivity contribution in [1.82, 2.24) is 4.98 Å². The Morgan fingerprint density at radius 3 is 2.48 bits per heavy atom. The van der Waals surface area contributed by atoms with Gasteiger partial charge in [-0.25, -0.2) is 8.78 Å². The van der Waals surface area contributed by atoms with Gasteiger partial charge in [0.05, 0.1) is 12.3 Å². The molecule has 0 radical (unpaired) electrons. The van der Waals surface area contributed by atoms with E-state index in [1.54, 1.807) is 18.2 Å². The van der Waals surface area contributed by atoms with Crippen molar-refractivity contribution < 1.29 is 13.9 Å². The van der Waals surface area contributed by atoms with Gasteiger partial charge in [0.25, 0.3) is 0 Å². The molecule has 0 aliphatic heterocycles. The third kappa shape index (κ3) is 2.50. The molecule has 0 amide bonds. The number of rotatable bonds is 2.